The average Bonchev–Trinajstić information content (AvgIpc) is 3.10. The fraction of sp³-hybridized carbons (Fsp3) is 0.167. The van der Waals surface area contributed by atoms with Crippen molar-refractivity contribution in [2.24, 2.45) is 0 Å². The van der Waals surface area contributed by atoms with Crippen LogP contribution in [-0.2, 0) is 4.79 Å². The maximum absolute atomic E-state index is 11.1. The summed E-state index contributed by atoms with van der Waals surface area (Å²) in [6, 6.07) is 13.7. The van der Waals surface area contributed by atoms with Gasteiger partial charge in [0.1, 0.15) is 11.5 Å². The summed E-state index contributed by atoms with van der Waals surface area (Å²) in [6.07, 6.45) is -0.714. The third-order valence-electron chi connectivity index (χ3n) is 3.57. The first kappa shape index (κ1) is 16.8. The molecule has 3 rings (SSSR count). The summed E-state index contributed by atoms with van der Waals surface area (Å²) in [6.45, 7) is 0. The van der Waals surface area contributed by atoms with Gasteiger partial charge in [0.15, 0.2) is 12.3 Å². The molecule has 0 bridgehead atoms. The molecule has 25 heavy (non-hydrogen) atoms. The number of nitrogens with one attached hydrogen (secondary N) is 3. The van der Waals surface area contributed by atoms with Crippen LogP contribution in [0.5, 0.6) is 11.5 Å². The zero-order chi connectivity index (χ0) is 17.6. The van der Waals surface area contributed by atoms with Crippen molar-refractivity contribution in [3.8, 4) is 23.3 Å². The molecule has 2 atom stereocenters. The normalized spacial score (nSPS) is 18.9. The van der Waals surface area contributed by atoms with Gasteiger partial charge in [0, 0.05) is 11.1 Å². The highest BCUT2D eigenvalue weighted by Crippen LogP contribution is 2.15. The molecule has 2 aromatic carbocycles. The molecule has 0 saturated carbocycles. The lowest BCUT2D eigenvalue weighted by atomic mass is 10.1. The second-order valence-corrected chi connectivity index (χ2v) is 5.27. The van der Waals surface area contributed by atoms with Crippen LogP contribution in [0.2, 0.25) is 0 Å². The lowest BCUT2D eigenvalue weighted by Gasteiger charge is -2.16. The zero-order valence-corrected chi connectivity index (χ0v) is 13.4. The van der Waals surface area contributed by atoms with E-state index in [4.69, 9.17) is 14.6 Å². The van der Waals surface area contributed by atoms with Crippen molar-refractivity contribution < 1.29 is 19.4 Å². The van der Waals surface area contributed by atoms with Crippen LogP contribution in [0.1, 0.15) is 11.1 Å². The van der Waals surface area contributed by atoms with Gasteiger partial charge in [-0.05, 0) is 48.5 Å². The Bertz CT molecular complexity index is 794. The Labute approximate surface area is 144 Å². The summed E-state index contributed by atoms with van der Waals surface area (Å²) in [5.41, 5.74) is 9.53. The van der Waals surface area contributed by atoms with E-state index >= 15 is 0 Å². The van der Waals surface area contributed by atoms with Crippen LogP contribution in [0.4, 0.5) is 0 Å². The maximum Gasteiger partial charge on any atom is 0.327 e. The summed E-state index contributed by atoms with van der Waals surface area (Å²) < 4.78 is 10.7. The molecule has 0 aliphatic carbocycles. The summed E-state index contributed by atoms with van der Waals surface area (Å²) >= 11 is 0. The Kier molecular flexibility index (Phi) is 5.16. The number of benzene rings is 2. The highest BCUT2D eigenvalue weighted by molar-refractivity contribution is 5.74. The van der Waals surface area contributed by atoms with Gasteiger partial charge in [0.2, 0.25) is 0 Å². The molecule has 1 heterocycles. The molecule has 7 heteroatoms. The minimum absolute atomic E-state index is 0.546. The molecule has 128 valence electrons. The molecule has 1 aliphatic heterocycles. The number of rotatable bonds is 4. The first-order valence-corrected chi connectivity index (χ1v) is 7.57. The fourth-order valence-electron chi connectivity index (χ4n) is 2.22. The number of carboxylic acid groups (broad SMARTS) is 1. The van der Waals surface area contributed by atoms with Gasteiger partial charge in [-0.3, -0.25) is 4.79 Å². The molecule has 1 aliphatic rings. The molecule has 1 fully saturated rings. The van der Waals surface area contributed by atoms with Crippen LogP contribution in [0.25, 0.3) is 0 Å². The van der Waals surface area contributed by atoms with E-state index in [0.29, 0.717) is 5.75 Å². The van der Waals surface area contributed by atoms with Crippen molar-refractivity contribution in [1.82, 2.24) is 16.4 Å². The van der Waals surface area contributed by atoms with Crippen molar-refractivity contribution >= 4 is 5.97 Å². The Morgan fingerprint density at radius 2 is 1.52 bits per heavy atom. The van der Waals surface area contributed by atoms with Crippen molar-refractivity contribution in [2.45, 2.75) is 12.3 Å². The minimum atomic E-state index is -1.01. The number of methoxy groups -OCH3 is 1. The zero-order valence-electron chi connectivity index (χ0n) is 13.4. The fourth-order valence-corrected chi connectivity index (χ4v) is 2.22. The summed E-state index contributed by atoms with van der Waals surface area (Å²) in [4.78, 5) is 11.1. The van der Waals surface area contributed by atoms with Crippen LogP contribution in [0, 0.1) is 11.8 Å². The van der Waals surface area contributed by atoms with E-state index in [1.807, 2.05) is 36.4 Å². The first-order chi connectivity index (χ1) is 12.2. The lowest BCUT2D eigenvalue weighted by molar-refractivity contribution is -0.141. The van der Waals surface area contributed by atoms with Gasteiger partial charge in [-0.1, -0.05) is 11.8 Å². The molecule has 7 nitrogen and oxygen atoms in total. The lowest BCUT2D eigenvalue weighted by Crippen LogP contribution is -2.44. The van der Waals surface area contributed by atoms with E-state index in [2.05, 4.69) is 28.2 Å². The monoisotopic (exact) mass is 339 g/mol. The van der Waals surface area contributed by atoms with Gasteiger partial charge in [0.25, 0.3) is 0 Å². The van der Waals surface area contributed by atoms with Crippen molar-refractivity contribution in [3.63, 3.8) is 0 Å². The van der Waals surface area contributed by atoms with Gasteiger partial charge in [-0.25, -0.2) is 10.9 Å². The maximum atomic E-state index is 11.1. The van der Waals surface area contributed by atoms with Crippen molar-refractivity contribution in [2.75, 3.05) is 7.11 Å². The van der Waals surface area contributed by atoms with Crippen LogP contribution in [-0.4, -0.2) is 30.5 Å². The van der Waals surface area contributed by atoms with Crippen LogP contribution in [0.15, 0.2) is 48.5 Å². The predicted octanol–water partition coefficient (Wildman–Crippen LogP) is 0.865. The van der Waals surface area contributed by atoms with Gasteiger partial charge in [-0.15, -0.1) is 0 Å². The third kappa shape index (κ3) is 4.28. The molecule has 2 unspecified atom stereocenters. The molecule has 0 radical (unpaired) electrons. The molecule has 0 aromatic heterocycles. The molecule has 1 saturated heterocycles. The number of hydrogen-bond acceptors (Lipinski definition) is 6. The highest BCUT2D eigenvalue weighted by Gasteiger charge is 2.34. The minimum Gasteiger partial charge on any atom is -0.497 e. The Morgan fingerprint density at radius 3 is 2.04 bits per heavy atom. The SMILES string of the molecule is COc1ccc(C#Cc2ccc(OC3NNNC3C(=O)O)cc2)cc1. The quantitative estimate of drug-likeness (QED) is 0.614. The molecule has 4 N–H and O–H groups in total. The number of carboxylic acids is 1. The highest BCUT2D eigenvalue weighted by atomic mass is 16.5. The number of aliphatic carboxylic acids is 1. The topological polar surface area (TPSA) is 91.9 Å². The summed E-state index contributed by atoms with van der Waals surface area (Å²) in [5.74, 6) is 6.46. The third-order valence-corrected chi connectivity index (χ3v) is 3.57. The van der Waals surface area contributed by atoms with Crippen molar-refractivity contribution in [1.29, 1.82) is 0 Å². The average molecular weight is 339 g/mol. The number of hydrazine groups is 2. The Morgan fingerprint density at radius 1 is 0.960 bits per heavy atom. The van der Waals surface area contributed by atoms with Gasteiger partial charge in [-0.2, -0.15) is 5.53 Å². The van der Waals surface area contributed by atoms with E-state index in [0.717, 1.165) is 16.9 Å². The Hall–Kier alpha value is -3.05. The summed E-state index contributed by atoms with van der Waals surface area (Å²) in [7, 11) is 1.62. The van der Waals surface area contributed by atoms with Gasteiger partial charge < -0.3 is 14.6 Å². The van der Waals surface area contributed by atoms with E-state index in [9.17, 15) is 4.79 Å². The van der Waals surface area contributed by atoms with E-state index in [-0.39, 0.29) is 0 Å². The molecule has 2 aromatic rings. The molecule has 0 amide bonds. The predicted molar refractivity (Wildman–Crippen MR) is 90.7 cm³/mol. The number of ether oxygens (including phenoxy) is 2. The number of carbonyl (C=O) groups is 1. The standard InChI is InChI=1S/C18H17N3O4/c1-24-14-8-4-12(5-9-14)2-3-13-6-10-15(11-7-13)25-17-16(18(22)23)19-21-20-17/h4-11,16-17,19-21H,1H3,(H,22,23). The molecule has 0 spiro atoms. The van der Waals surface area contributed by atoms with Crippen LogP contribution >= 0.6 is 0 Å². The van der Waals surface area contributed by atoms with E-state index in [1.165, 1.54) is 0 Å². The Balaban J connectivity index is 1.64. The summed E-state index contributed by atoms with van der Waals surface area (Å²) in [5, 5.41) is 9.07. The smallest absolute Gasteiger partial charge is 0.327 e. The van der Waals surface area contributed by atoms with E-state index < -0.39 is 18.2 Å². The van der Waals surface area contributed by atoms with Crippen molar-refractivity contribution in [3.05, 3.63) is 59.7 Å². The van der Waals surface area contributed by atoms with Gasteiger partial charge in [0.05, 0.1) is 7.11 Å². The first-order valence-electron chi connectivity index (χ1n) is 7.57. The van der Waals surface area contributed by atoms with Crippen LogP contribution < -0.4 is 25.9 Å². The van der Waals surface area contributed by atoms with E-state index in [1.54, 1.807) is 19.2 Å². The molecular formula is C18H17N3O4. The second kappa shape index (κ2) is 7.68. The van der Waals surface area contributed by atoms with Crippen LogP contribution in [0.3, 0.4) is 0 Å². The van der Waals surface area contributed by atoms with Gasteiger partial charge >= 0.3 is 5.97 Å². The second-order valence-electron chi connectivity index (χ2n) is 5.27. The largest absolute Gasteiger partial charge is 0.497 e. The molecular weight excluding hydrogens is 322 g/mol. The number of hydrogen-bond donors (Lipinski definition) is 4.